The maximum Gasteiger partial charge on any atom is 0.185 e. The average molecular weight is 308 g/mol. The average Bonchev–Trinajstić information content (AvgIpc) is 3.19. The molecule has 0 spiro atoms. The Kier molecular flexibility index (Phi) is 4.52. The fourth-order valence-corrected chi connectivity index (χ4v) is 3.89. The third kappa shape index (κ3) is 3.12. The molecule has 1 saturated heterocycles. The van der Waals surface area contributed by atoms with Gasteiger partial charge >= 0.3 is 0 Å². The molecule has 0 aliphatic carbocycles. The molecule has 0 aromatic carbocycles. The van der Waals surface area contributed by atoms with Crippen molar-refractivity contribution in [3.05, 3.63) is 10.8 Å². The molecular weight excluding hydrogens is 288 g/mol. The molecule has 0 atom stereocenters. The molecule has 6 heteroatoms. The zero-order valence-corrected chi connectivity index (χ0v) is 13.4. The van der Waals surface area contributed by atoms with Gasteiger partial charge in [-0.2, -0.15) is 0 Å². The summed E-state index contributed by atoms with van der Waals surface area (Å²) >= 11 is 3.40. The smallest absolute Gasteiger partial charge is 0.185 e. The van der Waals surface area contributed by atoms with Crippen LogP contribution in [0.2, 0.25) is 0 Å². The van der Waals surface area contributed by atoms with Gasteiger partial charge in [0.25, 0.3) is 0 Å². The quantitative estimate of drug-likeness (QED) is 0.816. The molecule has 0 unspecified atom stereocenters. The number of hydrogen-bond acceptors (Lipinski definition) is 6. The van der Waals surface area contributed by atoms with Crippen LogP contribution in [0.4, 0.5) is 10.3 Å². The van der Waals surface area contributed by atoms with E-state index in [1.807, 2.05) is 0 Å². The molecule has 0 saturated carbocycles. The largest absolute Gasteiger partial charge is 0.362 e. The number of unbranched alkanes of at least 4 members (excludes halogenated alkanes) is 1. The van der Waals surface area contributed by atoms with Gasteiger partial charge in [0.2, 0.25) is 0 Å². The van der Waals surface area contributed by atoms with E-state index in [9.17, 15) is 0 Å². The number of thiazole rings is 2. The molecule has 4 nitrogen and oxygen atoms in total. The Morgan fingerprint density at radius 3 is 2.70 bits per heavy atom. The SMILES string of the molecule is CCCCNc1nc(-c2csc(N3CCCC3)n2)cs1. The summed E-state index contributed by atoms with van der Waals surface area (Å²) in [5.74, 6) is 0. The van der Waals surface area contributed by atoms with Gasteiger partial charge in [-0.1, -0.05) is 13.3 Å². The zero-order chi connectivity index (χ0) is 13.8. The number of nitrogens with zero attached hydrogens (tertiary/aromatic N) is 3. The van der Waals surface area contributed by atoms with E-state index in [1.54, 1.807) is 22.7 Å². The second-order valence-corrected chi connectivity index (χ2v) is 6.72. The molecular formula is C14H20N4S2. The minimum atomic E-state index is 0.996. The first-order chi connectivity index (χ1) is 9.86. The molecule has 1 aliphatic heterocycles. The second-order valence-electron chi connectivity index (χ2n) is 5.03. The first-order valence-corrected chi connectivity index (χ1v) is 9.03. The van der Waals surface area contributed by atoms with Crippen molar-refractivity contribution in [1.29, 1.82) is 0 Å². The van der Waals surface area contributed by atoms with E-state index in [4.69, 9.17) is 4.98 Å². The van der Waals surface area contributed by atoms with Crippen molar-refractivity contribution in [2.24, 2.45) is 0 Å². The lowest BCUT2D eigenvalue weighted by atomic mass is 10.3. The van der Waals surface area contributed by atoms with Crippen molar-refractivity contribution >= 4 is 32.9 Å². The number of aromatic nitrogens is 2. The topological polar surface area (TPSA) is 41.1 Å². The molecule has 1 fully saturated rings. The Hall–Kier alpha value is -1.14. The molecule has 2 aromatic rings. The summed E-state index contributed by atoms with van der Waals surface area (Å²) in [4.78, 5) is 11.7. The van der Waals surface area contributed by atoms with Crippen molar-refractivity contribution in [3.63, 3.8) is 0 Å². The van der Waals surface area contributed by atoms with Crippen LogP contribution in [0.25, 0.3) is 11.4 Å². The molecule has 108 valence electrons. The standard InChI is InChI=1S/C14H20N4S2/c1-2-3-6-15-13-16-11(9-19-13)12-10-20-14(17-12)18-7-4-5-8-18/h9-10H,2-8H2,1H3,(H,15,16). The van der Waals surface area contributed by atoms with Crippen LogP contribution in [0.15, 0.2) is 10.8 Å². The van der Waals surface area contributed by atoms with Gasteiger partial charge in [-0.25, -0.2) is 9.97 Å². The summed E-state index contributed by atoms with van der Waals surface area (Å²) in [5.41, 5.74) is 2.01. The number of rotatable bonds is 6. The molecule has 1 aliphatic rings. The fourth-order valence-electron chi connectivity index (χ4n) is 2.28. The van der Waals surface area contributed by atoms with Crippen LogP contribution in [-0.2, 0) is 0 Å². The highest BCUT2D eigenvalue weighted by Crippen LogP contribution is 2.31. The van der Waals surface area contributed by atoms with Crippen LogP contribution >= 0.6 is 22.7 Å². The predicted molar refractivity (Wildman–Crippen MR) is 88.1 cm³/mol. The van der Waals surface area contributed by atoms with Crippen molar-refractivity contribution in [3.8, 4) is 11.4 Å². The van der Waals surface area contributed by atoms with E-state index in [-0.39, 0.29) is 0 Å². The monoisotopic (exact) mass is 308 g/mol. The van der Waals surface area contributed by atoms with E-state index < -0.39 is 0 Å². The lowest BCUT2D eigenvalue weighted by Gasteiger charge is -2.11. The van der Waals surface area contributed by atoms with Gasteiger partial charge in [0.05, 0.1) is 0 Å². The summed E-state index contributed by atoms with van der Waals surface area (Å²) in [6.07, 6.45) is 4.97. The molecule has 3 heterocycles. The Bertz CT molecular complexity index is 543. The third-order valence-corrected chi connectivity index (χ3v) is 5.14. The number of nitrogens with one attached hydrogen (secondary N) is 1. The van der Waals surface area contributed by atoms with Gasteiger partial charge in [-0.15, -0.1) is 22.7 Å². The lowest BCUT2D eigenvalue weighted by Crippen LogP contribution is -2.17. The van der Waals surface area contributed by atoms with Crippen LogP contribution in [0.5, 0.6) is 0 Å². The van der Waals surface area contributed by atoms with Crippen LogP contribution in [0.1, 0.15) is 32.6 Å². The van der Waals surface area contributed by atoms with E-state index in [1.165, 1.54) is 25.7 Å². The minimum Gasteiger partial charge on any atom is -0.362 e. The summed E-state index contributed by atoms with van der Waals surface area (Å²) < 4.78 is 0. The second kappa shape index (κ2) is 6.54. The summed E-state index contributed by atoms with van der Waals surface area (Å²) in [6, 6.07) is 0. The first kappa shape index (κ1) is 13.8. The molecule has 0 bridgehead atoms. The predicted octanol–water partition coefficient (Wildman–Crippen LogP) is 4.08. The maximum absolute atomic E-state index is 4.73. The first-order valence-electron chi connectivity index (χ1n) is 7.27. The van der Waals surface area contributed by atoms with Gasteiger partial charge < -0.3 is 10.2 Å². The van der Waals surface area contributed by atoms with Gasteiger partial charge in [-0.05, 0) is 19.3 Å². The number of anilines is 2. The Morgan fingerprint density at radius 2 is 1.90 bits per heavy atom. The maximum atomic E-state index is 4.73. The van der Waals surface area contributed by atoms with Crippen molar-refractivity contribution in [2.75, 3.05) is 29.9 Å². The molecule has 2 aromatic heterocycles. The molecule has 20 heavy (non-hydrogen) atoms. The van der Waals surface area contributed by atoms with E-state index >= 15 is 0 Å². The zero-order valence-electron chi connectivity index (χ0n) is 11.8. The van der Waals surface area contributed by atoms with Crippen molar-refractivity contribution in [1.82, 2.24) is 9.97 Å². The Balaban J connectivity index is 1.66. The molecule has 1 N–H and O–H groups in total. The van der Waals surface area contributed by atoms with Gasteiger partial charge in [0.1, 0.15) is 11.4 Å². The Morgan fingerprint density at radius 1 is 1.15 bits per heavy atom. The van der Waals surface area contributed by atoms with Gasteiger partial charge in [0.15, 0.2) is 10.3 Å². The highest BCUT2D eigenvalue weighted by atomic mass is 32.1. The van der Waals surface area contributed by atoms with E-state index in [0.29, 0.717) is 0 Å². The molecule has 0 amide bonds. The van der Waals surface area contributed by atoms with Crippen LogP contribution < -0.4 is 10.2 Å². The van der Waals surface area contributed by atoms with Crippen LogP contribution in [0, 0.1) is 0 Å². The number of hydrogen-bond donors (Lipinski definition) is 1. The van der Waals surface area contributed by atoms with Gasteiger partial charge in [-0.3, -0.25) is 0 Å². The normalized spacial score (nSPS) is 14.9. The summed E-state index contributed by atoms with van der Waals surface area (Å²) in [5, 5.41) is 9.74. The van der Waals surface area contributed by atoms with Crippen molar-refractivity contribution < 1.29 is 0 Å². The fraction of sp³-hybridized carbons (Fsp3) is 0.571. The third-order valence-electron chi connectivity index (χ3n) is 3.44. The van der Waals surface area contributed by atoms with E-state index in [2.05, 4.69) is 32.9 Å². The van der Waals surface area contributed by atoms with E-state index in [0.717, 1.165) is 41.3 Å². The highest BCUT2D eigenvalue weighted by Gasteiger charge is 2.16. The summed E-state index contributed by atoms with van der Waals surface area (Å²) in [6.45, 7) is 5.49. The van der Waals surface area contributed by atoms with Crippen LogP contribution in [-0.4, -0.2) is 29.6 Å². The molecule has 3 rings (SSSR count). The van der Waals surface area contributed by atoms with Crippen LogP contribution in [0.3, 0.4) is 0 Å². The summed E-state index contributed by atoms with van der Waals surface area (Å²) in [7, 11) is 0. The van der Waals surface area contributed by atoms with Gasteiger partial charge in [0, 0.05) is 30.4 Å². The minimum absolute atomic E-state index is 0.996. The molecule has 0 radical (unpaired) electrons. The lowest BCUT2D eigenvalue weighted by molar-refractivity contribution is 0.833. The Labute approximate surface area is 127 Å². The van der Waals surface area contributed by atoms with Crippen molar-refractivity contribution in [2.45, 2.75) is 32.6 Å². The highest BCUT2D eigenvalue weighted by molar-refractivity contribution is 7.14.